The highest BCUT2D eigenvalue weighted by molar-refractivity contribution is 5.43. The van der Waals surface area contributed by atoms with Crippen LogP contribution in [0.25, 0.3) is 0 Å². The van der Waals surface area contributed by atoms with Gasteiger partial charge in [-0.2, -0.15) is 5.10 Å². The molecule has 1 aromatic carbocycles. The molecule has 0 bridgehead atoms. The second kappa shape index (κ2) is 7.13. The van der Waals surface area contributed by atoms with Gasteiger partial charge in [0.05, 0.1) is 12.8 Å². The molecule has 0 saturated carbocycles. The van der Waals surface area contributed by atoms with Gasteiger partial charge in [0.1, 0.15) is 6.61 Å². The van der Waals surface area contributed by atoms with Crippen molar-refractivity contribution in [2.75, 3.05) is 13.7 Å². The van der Waals surface area contributed by atoms with Gasteiger partial charge in [-0.1, -0.05) is 6.07 Å². The SMILES string of the molecule is COc1ccc(CCN)cc1OCc1ccn(C(C)C)n1. The Morgan fingerprint density at radius 1 is 1.24 bits per heavy atom. The third-order valence-corrected chi connectivity index (χ3v) is 3.23. The molecule has 0 saturated heterocycles. The minimum Gasteiger partial charge on any atom is -0.493 e. The molecule has 0 aliphatic carbocycles. The van der Waals surface area contributed by atoms with Crippen LogP contribution in [0.2, 0.25) is 0 Å². The molecule has 1 aromatic heterocycles. The van der Waals surface area contributed by atoms with Gasteiger partial charge in [-0.05, 0) is 50.6 Å². The van der Waals surface area contributed by atoms with Crippen LogP contribution in [-0.4, -0.2) is 23.4 Å². The number of rotatable bonds is 7. The molecule has 114 valence electrons. The summed E-state index contributed by atoms with van der Waals surface area (Å²) < 4.78 is 13.1. The molecule has 21 heavy (non-hydrogen) atoms. The van der Waals surface area contributed by atoms with Crippen LogP contribution in [0.1, 0.15) is 31.1 Å². The molecule has 2 aromatic rings. The molecule has 0 atom stereocenters. The Bertz CT molecular complexity index is 579. The summed E-state index contributed by atoms with van der Waals surface area (Å²) in [4.78, 5) is 0. The van der Waals surface area contributed by atoms with E-state index in [1.54, 1.807) is 7.11 Å². The van der Waals surface area contributed by atoms with Crippen molar-refractivity contribution >= 4 is 0 Å². The first kappa shape index (κ1) is 15.4. The van der Waals surface area contributed by atoms with Gasteiger partial charge < -0.3 is 15.2 Å². The van der Waals surface area contributed by atoms with Crippen molar-refractivity contribution in [3.05, 3.63) is 41.7 Å². The highest BCUT2D eigenvalue weighted by Crippen LogP contribution is 2.28. The van der Waals surface area contributed by atoms with Crippen LogP contribution < -0.4 is 15.2 Å². The maximum Gasteiger partial charge on any atom is 0.162 e. The predicted molar refractivity (Wildman–Crippen MR) is 82.7 cm³/mol. The van der Waals surface area contributed by atoms with Crippen LogP contribution in [0.4, 0.5) is 0 Å². The van der Waals surface area contributed by atoms with Gasteiger partial charge >= 0.3 is 0 Å². The zero-order valence-electron chi connectivity index (χ0n) is 12.9. The number of aromatic nitrogens is 2. The van der Waals surface area contributed by atoms with E-state index in [9.17, 15) is 0 Å². The third kappa shape index (κ3) is 3.98. The van der Waals surface area contributed by atoms with Crippen molar-refractivity contribution < 1.29 is 9.47 Å². The summed E-state index contributed by atoms with van der Waals surface area (Å²) >= 11 is 0. The monoisotopic (exact) mass is 289 g/mol. The number of nitrogens with two attached hydrogens (primary N) is 1. The summed E-state index contributed by atoms with van der Waals surface area (Å²) in [5, 5.41) is 4.47. The summed E-state index contributed by atoms with van der Waals surface area (Å²) in [6.07, 6.45) is 2.79. The van der Waals surface area contributed by atoms with Gasteiger partial charge in [0.2, 0.25) is 0 Å². The average molecular weight is 289 g/mol. The maximum absolute atomic E-state index is 5.85. The van der Waals surface area contributed by atoms with Crippen molar-refractivity contribution in [2.24, 2.45) is 5.73 Å². The standard InChI is InChI=1S/C16H23N3O2/c1-12(2)19-9-7-14(18-19)11-21-16-10-13(6-8-17)4-5-15(16)20-3/h4-5,7,9-10,12H,6,8,11,17H2,1-3H3. The Morgan fingerprint density at radius 3 is 2.67 bits per heavy atom. The molecular formula is C16H23N3O2. The van der Waals surface area contributed by atoms with E-state index >= 15 is 0 Å². The van der Waals surface area contributed by atoms with E-state index in [2.05, 4.69) is 18.9 Å². The minimum absolute atomic E-state index is 0.348. The highest BCUT2D eigenvalue weighted by atomic mass is 16.5. The maximum atomic E-state index is 5.85. The van der Waals surface area contributed by atoms with E-state index in [0.717, 1.165) is 29.2 Å². The summed E-state index contributed by atoms with van der Waals surface area (Å²) in [6.45, 7) is 5.22. The molecule has 5 nitrogen and oxygen atoms in total. The Balaban J connectivity index is 2.08. The first-order chi connectivity index (χ1) is 10.1. The lowest BCUT2D eigenvalue weighted by atomic mass is 10.1. The molecule has 0 unspecified atom stereocenters. The van der Waals surface area contributed by atoms with E-state index < -0.39 is 0 Å². The van der Waals surface area contributed by atoms with Crippen molar-refractivity contribution in [3.8, 4) is 11.5 Å². The molecule has 0 amide bonds. The molecule has 0 spiro atoms. The Labute approximate surface area is 125 Å². The topological polar surface area (TPSA) is 62.3 Å². The van der Waals surface area contributed by atoms with Crippen LogP contribution in [0.3, 0.4) is 0 Å². The van der Waals surface area contributed by atoms with Crippen LogP contribution >= 0.6 is 0 Å². The summed E-state index contributed by atoms with van der Waals surface area (Å²) in [5.74, 6) is 1.45. The molecule has 5 heteroatoms. The number of benzene rings is 1. The number of methoxy groups -OCH3 is 1. The molecular weight excluding hydrogens is 266 g/mol. The van der Waals surface area contributed by atoms with Gasteiger partial charge in [0, 0.05) is 12.2 Å². The summed E-state index contributed by atoms with van der Waals surface area (Å²) in [5.41, 5.74) is 7.63. The third-order valence-electron chi connectivity index (χ3n) is 3.23. The van der Waals surface area contributed by atoms with Crippen LogP contribution in [-0.2, 0) is 13.0 Å². The fourth-order valence-corrected chi connectivity index (χ4v) is 2.05. The van der Waals surface area contributed by atoms with Gasteiger partial charge in [0.25, 0.3) is 0 Å². The fourth-order valence-electron chi connectivity index (χ4n) is 2.05. The lowest BCUT2D eigenvalue weighted by Gasteiger charge is -2.11. The summed E-state index contributed by atoms with van der Waals surface area (Å²) in [7, 11) is 1.64. The van der Waals surface area contributed by atoms with Gasteiger partial charge in [-0.15, -0.1) is 0 Å². The van der Waals surface area contributed by atoms with E-state index in [4.69, 9.17) is 15.2 Å². The smallest absolute Gasteiger partial charge is 0.162 e. The first-order valence-electron chi connectivity index (χ1n) is 7.18. The van der Waals surface area contributed by atoms with Crippen LogP contribution in [0.5, 0.6) is 11.5 Å². The predicted octanol–water partition coefficient (Wildman–Crippen LogP) is 2.55. The molecule has 2 rings (SSSR count). The molecule has 2 N–H and O–H groups in total. The van der Waals surface area contributed by atoms with Crippen molar-refractivity contribution in [3.63, 3.8) is 0 Å². The Morgan fingerprint density at radius 2 is 2.05 bits per heavy atom. The largest absolute Gasteiger partial charge is 0.493 e. The van der Waals surface area contributed by atoms with Gasteiger partial charge in [-0.25, -0.2) is 0 Å². The second-order valence-electron chi connectivity index (χ2n) is 5.19. The lowest BCUT2D eigenvalue weighted by molar-refractivity contribution is 0.278. The van der Waals surface area contributed by atoms with Crippen LogP contribution in [0.15, 0.2) is 30.5 Å². The van der Waals surface area contributed by atoms with Crippen molar-refractivity contribution in [1.82, 2.24) is 9.78 Å². The van der Waals surface area contributed by atoms with E-state index in [-0.39, 0.29) is 0 Å². The Kier molecular flexibility index (Phi) is 5.22. The number of ether oxygens (including phenoxy) is 2. The van der Waals surface area contributed by atoms with Crippen molar-refractivity contribution in [1.29, 1.82) is 0 Å². The zero-order chi connectivity index (χ0) is 15.2. The number of nitrogens with zero attached hydrogens (tertiary/aromatic N) is 2. The van der Waals surface area contributed by atoms with Crippen molar-refractivity contribution in [2.45, 2.75) is 32.9 Å². The van der Waals surface area contributed by atoms with E-state index in [1.807, 2.05) is 35.1 Å². The second-order valence-corrected chi connectivity index (χ2v) is 5.19. The van der Waals surface area contributed by atoms with Crippen LogP contribution in [0, 0.1) is 0 Å². The molecule has 0 aliphatic rings. The summed E-state index contributed by atoms with van der Waals surface area (Å²) in [6, 6.07) is 8.21. The minimum atomic E-state index is 0.348. The molecule has 0 fully saturated rings. The molecule has 0 aliphatic heterocycles. The first-order valence-corrected chi connectivity index (χ1v) is 7.18. The number of hydrogen-bond acceptors (Lipinski definition) is 4. The van der Waals surface area contributed by atoms with E-state index in [0.29, 0.717) is 19.2 Å². The Hall–Kier alpha value is -2.01. The highest BCUT2D eigenvalue weighted by Gasteiger charge is 2.08. The number of hydrogen-bond donors (Lipinski definition) is 1. The zero-order valence-corrected chi connectivity index (χ0v) is 12.9. The van der Waals surface area contributed by atoms with E-state index in [1.165, 1.54) is 0 Å². The van der Waals surface area contributed by atoms with Gasteiger partial charge in [-0.3, -0.25) is 4.68 Å². The molecule has 0 radical (unpaired) electrons. The molecule has 1 heterocycles. The normalized spacial score (nSPS) is 10.9. The lowest BCUT2D eigenvalue weighted by Crippen LogP contribution is -2.05. The quantitative estimate of drug-likeness (QED) is 0.851. The average Bonchev–Trinajstić information content (AvgIpc) is 2.95. The fraction of sp³-hybridized carbons (Fsp3) is 0.438. The van der Waals surface area contributed by atoms with Gasteiger partial charge in [0.15, 0.2) is 11.5 Å².